The fourth-order valence-corrected chi connectivity index (χ4v) is 3.30. The Balaban J connectivity index is 1.42. The van der Waals surface area contributed by atoms with Crippen LogP contribution in [0.5, 0.6) is 5.88 Å². The number of anilines is 1. The molecule has 0 bridgehead atoms. The maximum atomic E-state index is 12.8. The highest BCUT2D eigenvalue weighted by atomic mass is 16.5. The van der Waals surface area contributed by atoms with Crippen molar-refractivity contribution >= 4 is 28.4 Å². The molecule has 0 aliphatic carbocycles. The summed E-state index contributed by atoms with van der Waals surface area (Å²) < 4.78 is 5.61. The number of rotatable bonds is 7. The van der Waals surface area contributed by atoms with Crippen LogP contribution in [-0.4, -0.2) is 28.4 Å². The van der Waals surface area contributed by atoms with Crippen LogP contribution in [0.1, 0.15) is 28.9 Å². The van der Waals surface area contributed by atoms with Crippen LogP contribution < -0.4 is 15.4 Å². The predicted octanol–water partition coefficient (Wildman–Crippen LogP) is 4.14. The molecular formula is C25H22N4O3. The molecule has 0 saturated heterocycles. The minimum Gasteiger partial charge on any atom is -0.467 e. The van der Waals surface area contributed by atoms with E-state index in [0.29, 0.717) is 17.1 Å². The van der Waals surface area contributed by atoms with Gasteiger partial charge in [-0.1, -0.05) is 54.6 Å². The molecule has 4 rings (SSSR count). The van der Waals surface area contributed by atoms with Crippen molar-refractivity contribution in [3.05, 3.63) is 96.3 Å². The van der Waals surface area contributed by atoms with E-state index < -0.39 is 5.91 Å². The normalized spacial score (nSPS) is 11.5. The molecule has 4 aromatic rings. The van der Waals surface area contributed by atoms with Crippen LogP contribution in [0.4, 0.5) is 5.69 Å². The highest BCUT2D eigenvalue weighted by Gasteiger charge is 2.16. The van der Waals surface area contributed by atoms with Gasteiger partial charge in [-0.05, 0) is 36.8 Å². The summed E-state index contributed by atoms with van der Waals surface area (Å²) >= 11 is 0. The zero-order valence-electron chi connectivity index (χ0n) is 17.5. The highest BCUT2D eigenvalue weighted by Crippen LogP contribution is 2.21. The first kappa shape index (κ1) is 21.0. The summed E-state index contributed by atoms with van der Waals surface area (Å²) in [4.78, 5) is 33.7. The zero-order valence-corrected chi connectivity index (χ0v) is 17.5. The van der Waals surface area contributed by atoms with Gasteiger partial charge in [-0.3, -0.25) is 9.59 Å². The van der Waals surface area contributed by atoms with Crippen LogP contribution in [0, 0.1) is 0 Å². The van der Waals surface area contributed by atoms with Gasteiger partial charge < -0.3 is 15.4 Å². The zero-order chi connectivity index (χ0) is 22.3. The van der Waals surface area contributed by atoms with Crippen molar-refractivity contribution in [1.29, 1.82) is 0 Å². The molecule has 7 nitrogen and oxygen atoms in total. The summed E-state index contributed by atoms with van der Waals surface area (Å²) in [6, 6.07) is 23.7. The SMILES string of the molecule is C[C@@H](NC(=O)c1ccccc1NC(=O)COc1ncnc2ccccc12)c1ccccc1. The molecule has 0 unspecified atom stereocenters. The lowest BCUT2D eigenvalue weighted by atomic mass is 10.1. The van der Waals surface area contributed by atoms with E-state index in [1.54, 1.807) is 24.3 Å². The van der Waals surface area contributed by atoms with Gasteiger partial charge in [0.1, 0.15) is 6.33 Å². The minimum absolute atomic E-state index is 0.179. The molecule has 2 N–H and O–H groups in total. The molecule has 7 heteroatoms. The standard InChI is InChI=1S/C25H22N4O3/c1-17(18-9-3-2-4-10-18)28-24(31)19-11-5-8-14-22(19)29-23(30)15-32-25-20-12-6-7-13-21(20)26-16-27-25/h2-14,16-17H,15H2,1H3,(H,28,31)(H,29,30)/t17-/m1/s1. The summed E-state index contributed by atoms with van der Waals surface area (Å²) in [7, 11) is 0. The molecule has 0 saturated carbocycles. The van der Waals surface area contributed by atoms with Gasteiger partial charge in [0.15, 0.2) is 6.61 Å². The van der Waals surface area contributed by atoms with E-state index in [0.717, 1.165) is 16.5 Å². The Morgan fingerprint density at radius 1 is 0.906 bits per heavy atom. The van der Waals surface area contributed by atoms with Crippen molar-refractivity contribution in [3.8, 4) is 5.88 Å². The summed E-state index contributed by atoms with van der Waals surface area (Å²) in [6.45, 7) is 1.66. The van der Waals surface area contributed by atoms with Crippen LogP contribution in [0.25, 0.3) is 10.9 Å². The number of amides is 2. The Morgan fingerprint density at radius 3 is 2.47 bits per heavy atom. The molecule has 0 radical (unpaired) electrons. The smallest absolute Gasteiger partial charge is 0.262 e. The summed E-state index contributed by atoms with van der Waals surface area (Å²) in [5.74, 6) is -0.350. The number of para-hydroxylation sites is 2. The Labute approximate surface area is 185 Å². The number of carbonyl (C=O) groups is 2. The molecule has 1 heterocycles. The van der Waals surface area contributed by atoms with Gasteiger partial charge >= 0.3 is 0 Å². The summed E-state index contributed by atoms with van der Waals surface area (Å²) in [6.07, 6.45) is 1.39. The van der Waals surface area contributed by atoms with E-state index in [1.165, 1.54) is 6.33 Å². The molecule has 0 fully saturated rings. The molecule has 160 valence electrons. The number of hydrogen-bond acceptors (Lipinski definition) is 5. The molecule has 0 spiro atoms. The van der Waals surface area contributed by atoms with Gasteiger partial charge in [0, 0.05) is 0 Å². The first-order valence-corrected chi connectivity index (χ1v) is 10.2. The largest absolute Gasteiger partial charge is 0.467 e. The topological polar surface area (TPSA) is 93.2 Å². The number of ether oxygens (including phenoxy) is 1. The van der Waals surface area contributed by atoms with Crippen molar-refractivity contribution < 1.29 is 14.3 Å². The number of benzene rings is 3. The second-order valence-corrected chi connectivity index (χ2v) is 7.18. The Kier molecular flexibility index (Phi) is 6.36. The maximum Gasteiger partial charge on any atom is 0.262 e. The third kappa shape index (κ3) is 4.89. The highest BCUT2D eigenvalue weighted by molar-refractivity contribution is 6.04. The third-order valence-electron chi connectivity index (χ3n) is 4.94. The lowest BCUT2D eigenvalue weighted by molar-refractivity contribution is -0.118. The predicted molar refractivity (Wildman–Crippen MR) is 122 cm³/mol. The monoisotopic (exact) mass is 426 g/mol. The van der Waals surface area contributed by atoms with Crippen LogP contribution in [-0.2, 0) is 4.79 Å². The lowest BCUT2D eigenvalue weighted by Crippen LogP contribution is -2.28. The van der Waals surface area contributed by atoms with Crippen LogP contribution in [0.3, 0.4) is 0 Å². The van der Waals surface area contributed by atoms with Crippen LogP contribution in [0.15, 0.2) is 85.2 Å². The average Bonchev–Trinajstić information content (AvgIpc) is 2.83. The second-order valence-electron chi connectivity index (χ2n) is 7.18. The molecule has 3 aromatic carbocycles. The fraction of sp³-hybridized carbons (Fsp3) is 0.120. The summed E-state index contributed by atoms with van der Waals surface area (Å²) in [5.41, 5.74) is 2.50. The molecule has 2 amide bonds. The lowest BCUT2D eigenvalue weighted by Gasteiger charge is -2.16. The number of hydrogen-bond donors (Lipinski definition) is 2. The van der Waals surface area contributed by atoms with E-state index in [2.05, 4.69) is 20.6 Å². The number of nitrogens with one attached hydrogen (secondary N) is 2. The molecule has 0 aliphatic rings. The van der Waals surface area contributed by atoms with Gasteiger partial charge in [-0.2, -0.15) is 0 Å². The van der Waals surface area contributed by atoms with Gasteiger partial charge in [0.25, 0.3) is 11.8 Å². The second kappa shape index (κ2) is 9.70. The fourth-order valence-electron chi connectivity index (χ4n) is 3.30. The van der Waals surface area contributed by atoms with Crippen molar-refractivity contribution in [2.24, 2.45) is 0 Å². The average molecular weight is 426 g/mol. The van der Waals surface area contributed by atoms with Crippen molar-refractivity contribution in [3.63, 3.8) is 0 Å². The van der Waals surface area contributed by atoms with E-state index in [4.69, 9.17) is 4.74 Å². The number of nitrogens with zero attached hydrogens (tertiary/aromatic N) is 2. The van der Waals surface area contributed by atoms with Crippen LogP contribution >= 0.6 is 0 Å². The van der Waals surface area contributed by atoms with Gasteiger partial charge in [0.2, 0.25) is 5.88 Å². The van der Waals surface area contributed by atoms with E-state index >= 15 is 0 Å². The molecule has 1 aromatic heterocycles. The maximum absolute atomic E-state index is 12.8. The van der Waals surface area contributed by atoms with Gasteiger partial charge in [-0.25, -0.2) is 9.97 Å². The molecule has 0 aliphatic heterocycles. The molecule has 1 atom stereocenters. The Bertz CT molecular complexity index is 1240. The van der Waals surface area contributed by atoms with E-state index in [1.807, 2.05) is 61.5 Å². The molecule has 32 heavy (non-hydrogen) atoms. The van der Waals surface area contributed by atoms with Crippen LogP contribution in [0.2, 0.25) is 0 Å². The quantitative estimate of drug-likeness (QED) is 0.463. The minimum atomic E-state index is -0.399. The number of carbonyl (C=O) groups excluding carboxylic acids is 2. The number of aromatic nitrogens is 2. The van der Waals surface area contributed by atoms with E-state index in [-0.39, 0.29) is 18.6 Å². The number of fused-ring (bicyclic) bond motifs is 1. The van der Waals surface area contributed by atoms with E-state index in [9.17, 15) is 9.59 Å². The Morgan fingerprint density at radius 2 is 1.62 bits per heavy atom. The van der Waals surface area contributed by atoms with Gasteiger partial charge in [-0.15, -0.1) is 0 Å². The van der Waals surface area contributed by atoms with Crippen molar-refractivity contribution in [2.45, 2.75) is 13.0 Å². The molecular weight excluding hydrogens is 404 g/mol. The first-order valence-electron chi connectivity index (χ1n) is 10.2. The Hall–Kier alpha value is -4.26. The first-order chi connectivity index (χ1) is 15.6. The summed E-state index contributed by atoms with van der Waals surface area (Å²) in [5, 5.41) is 6.44. The van der Waals surface area contributed by atoms with Gasteiger partial charge in [0.05, 0.1) is 28.2 Å². The third-order valence-corrected chi connectivity index (χ3v) is 4.94. The van der Waals surface area contributed by atoms with Crippen molar-refractivity contribution in [1.82, 2.24) is 15.3 Å². The van der Waals surface area contributed by atoms with Crippen molar-refractivity contribution in [2.75, 3.05) is 11.9 Å².